The molecule has 1 fully saturated rings. The van der Waals surface area contributed by atoms with Crippen LogP contribution in [-0.2, 0) is 24.3 Å². The van der Waals surface area contributed by atoms with Crippen LogP contribution in [0.15, 0.2) is 23.1 Å². The van der Waals surface area contributed by atoms with Crippen molar-refractivity contribution in [3.05, 3.63) is 61.9 Å². The van der Waals surface area contributed by atoms with Crippen LogP contribution in [0.2, 0.25) is 10.0 Å². The molecule has 1 aromatic carbocycles. The number of halogens is 4. The van der Waals surface area contributed by atoms with E-state index in [1.807, 2.05) is 18.9 Å². The Labute approximate surface area is 259 Å². The molecule has 0 unspecified atom stereocenters. The molecule has 0 saturated carbocycles. The molecule has 0 bridgehead atoms. The van der Waals surface area contributed by atoms with E-state index in [1.54, 1.807) is 0 Å². The van der Waals surface area contributed by atoms with E-state index in [9.17, 15) is 23.9 Å². The Balaban J connectivity index is 1.40. The molecule has 0 aliphatic carbocycles. The Morgan fingerprint density at radius 2 is 1.93 bits per heavy atom. The van der Waals surface area contributed by atoms with Gasteiger partial charge in [-0.2, -0.15) is 4.39 Å². The average Bonchev–Trinajstić information content (AvgIpc) is 3.60. The van der Waals surface area contributed by atoms with E-state index in [1.165, 1.54) is 21.4 Å². The van der Waals surface area contributed by atoms with Gasteiger partial charge >= 0.3 is 0 Å². The van der Waals surface area contributed by atoms with Crippen LogP contribution in [0.3, 0.4) is 0 Å². The standard InChI is InChI=1S/C29H27Cl2F2N7O4/c1-14-10-37(2)6-7-39(14)20-9-18(23(30)27(33)35-20)34-21(42)12-38-11-17(16-8-15(13-41)26(43)24(31)25(16)32)22-28(38)36-19-4-3-5-40(19)29(22)44/h8-9,11,13-14,43H,3-7,10,12H2,1-2H3,(H,34,35,42)/t14-/m0/s1. The second-order valence-electron chi connectivity index (χ2n) is 11.1. The topological polar surface area (TPSA) is 126 Å². The van der Waals surface area contributed by atoms with Gasteiger partial charge < -0.3 is 24.8 Å². The highest BCUT2D eigenvalue weighted by atomic mass is 35.5. The van der Waals surface area contributed by atoms with Gasteiger partial charge in [0.1, 0.15) is 39.6 Å². The van der Waals surface area contributed by atoms with Gasteiger partial charge in [-0.15, -0.1) is 0 Å². The first-order valence-electron chi connectivity index (χ1n) is 13.9. The van der Waals surface area contributed by atoms with Crippen molar-refractivity contribution in [2.45, 2.75) is 38.9 Å². The number of carbonyl (C=O) groups is 2. The minimum Gasteiger partial charge on any atom is -0.506 e. The van der Waals surface area contributed by atoms with E-state index in [0.717, 1.165) is 19.2 Å². The van der Waals surface area contributed by atoms with Crippen LogP contribution >= 0.6 is 23.2 Å². The summed E-state index contributed by atoms with van der Waals surface area (Å²) in [6.07, 6.45) is 2.89. The summed E-state index contributed by atoms with van der Waals surface area (Å²) in [4.78, 5) is 51.2. The first kappa shape index (κ1) is 30.0. The average molecular weight is 646 g/mol. The summed E-state index contributed by atoms with van der Waals surface area (Å²) < 4.78 is 33.1. The van der Waals surface area contributed by atoms with Crippen LogP contribution < -0.4 is 15.8 Å². The third-order valence-electron chi connectivity index (χ3n) is 8.08. The Morgan fingerprint density at radius 3 is 2.66 bits per heavy atom. The van der Waals surface area contributed by atoms with Gasteiger partial charge in [-0.25, -0.2) is 14.4 Å². The van der Waals surface area contributed by atoms with E-state index in [-0.39, 0.29) is 44.5 Å². The Morgan fingerprint density at radius 1 is 1.16 bits per heavy atom. The van der Waals surface area contributed by atoms with E-state index >= 15 is 4.39 Å². The number of rotatable bonds is 6. The lowest BCUT2D eigenvalue weighted by atomic mass is 10.0. The maximum absolute atomic E-state index is 15.4. The van der Waals surface area contributed by atoms with Crippen LogP contribution in [0, 0.1) is 11.8 Å². The number of nitrogens with zero attached hydrogens (tertiary/aromatic N) is 6. The second-order valence-corrected chi connectivity index (χ2v) is 11.8. The van der Waals surface area contributed by atoms with Crippen molar-refractivity contribution in [3.63, 3.8) is 0 Å². The monoisotopic (exact) mass is 645 g/mol. The zero-order valence-electron chi connectivity index (χ0n) is 23.7. The minimum atomic E-state index is -1.05. The number of fused-ring (bicyclic) bond motifs is 2. The zero-order chi connectivity index (χ0) is 31.4. The smallest absolute Gasteiger partial charge is 0.263 e. The van der Waals surface area contributed by atoms with Gasteiger partial charge in [0, 0.05) is 62.0 Å². The van der Waals surface area contributed by atoms with Crippen LogP contribution in [0.4, 0.5) is 20.3 Å². The molecule has 5 heterocycles. The number of aldehydes is 1. The maximum Gasteiger partial charge on any atom is 0.263 e. The second kappa shape index (κ2) is 11.5. The van der Waals surface area contributed by atoms with Crippen LogP contribution in [-0.4, -0.2) is 74.0 Å². The molecule has 2 aliphatic heterocycles. The van der Waals surface area contributed by atoms with E-state index in [4.69, 9.17) is 23.2 Å². The van der Waals surface area contributed by atoms with Crippen molar-refractivity contribution in [3.8, 4) is 16.9 Å². The molecular weight excluding hydrogens is 619 g/mol. The molecule has 1 saturated heterocycles. The number of nitrogens with one attached hydrogen (secondary N) is 1. The SMILES string of the molecule is C[C@H]1CN(C)CCN1c1cc(NC(=O)Cn2cc(-c3cc(C=O)c(O)c(Cl)c3F)c3c(=O)n4c(nc32)CCC4)c(Cl)c(F)n1. The highest BCUT2D eigenvalue weighted by molar-refractivity contribution is 6.34. The van der Waals surface area contributed by atoms with Gasteiger partial charge in [0.15, 0.2) is 12.1 Å². The van der Waals surface area contributed by atoms with Gasteiger partial charge in [0.25, 0.3) is 5.56 Å². The summed E-state index contributed by atoms with van der Waals surface area (Å²) in [6, 6.07) is 2.63. The number of amides is 1. The number of aromatic nitrogens is 4. The number of likely N-dealkylation sites (N-methyl/N-ethyl adjacent to an activating group) is 1. The largest absolute Gasteiger partial charge is 0.506 e. The highest BCUT2D eigenvalue weighted by Gasteiger charge is 2.28. The molecule has 3 aromatic heterocycles. The number of aromatic hydroxyl groups is 1. The number of carbonyl (C=O) groups excluding carboxylic acids is 2. The molecule has 2 N–H and O–H groups in total. The number of aryl methyl sites for hydroxylation is 1. The Kier molecular flexibility index (Phi) is 7.80. The van der Waals surface area contributed by atoms with Gasteiger partial charge in [-0.05, 0) is 26.5 Å². The van der Waals surface area contributed by atoms with Crippen molar-refractivity contribution in [1.82, 2.24) is 24.0 Å². The third kappa shape index (κ3) is 5.08. The molecular formula is C29H27Cl2F2N7O4. The number of benzene rings is 1. The maximum atomic E-state index is 15.4. The summed E-state index contributed by atoms with van der Waals surface area (Å²) in [5, 5.41) is 11.7. The van der Waals surface area contributed by atoms with Crippen LogP contribution in [0.25, 0.3) is 22.2 Å². The molecule has 2 aliphatic rings. The summed E-state index contributed by atoms with van der Waals surface area (Å²) >= 11 is 12.2. The van der Waals surface area contributed by atoms with E-state index in [0.29, 0.717) is 43.9 Å². The molecule has 4 aromatic rings. The fraction of sp³-hybridized carbons (Fsp3) is 0.345. The number of phenolic OH excluding ortho intramolecular Hbond substituents is 1. The quantitative estimate of drug-likeness (QED) is 0.237. The van der Waals surface area contributed by atoms with Crippen molar-refractivity contribution >= 4 is 57.9 Å². The van der Waals surface area contributed by atoms with Crippen LogP contribution in [0.5, 0.6) is 5.75 Å². The number of phenols is 1. The zero-order valence-corrected chi connectivity index (χ0v) is 25.2. The number of piperazine rings is 1. The van der Waals surface area contributed by atoms with Gasteiger partial charge in [-0.1, -0.05) is 23.2 Å². The molecule has 1 atom stereocenters. The minimum absolute atomic E-state index is 0.0142. The van der Waals surface area contributed by atoms with E-state index < -0.39 is 40.5 Å². The number of anilines is 2. The predicted molar refractivity (Wildman–Crippen MR) is 162 cm³/mol. The molecule has 44 heavy (non-hydrogen) atoms. The molecule has 0 spiro atoms. The summed E-state index contributed by atoms with van der Waals surface area (Å²) in [7, 11) is 2.00. The Hall–Kier alpha value is -4.07. The molecule has 1 amide bonds. The molecule has 0 radical (unpaired) electrons. The number of hydrogen-bond donors (Lipinski definition) is 2. The number of pyridine rings is 1. The first-order valence-corrected chi connectivity index (χ1v) is 14.6. The number of hydrogen-bond acceptors (Lipinski definition) is 8. The summed E-state index contributed by atoms with van der Waals surface area (Å²) in [5.41, 5.74) is -0.778. The molecule has 230 valence electrons. The lowest BCUT2D eigenvalue weighted by Crippen LogP contribution is -2.50. The van der Waals surface area contributed by atoms with E-state index in [2.05, 4.69) is 20.2 Å². The molecule has 11 nitrogen and oxygen atoms in total. The van der Waals surface area contributed by atoms with Crippen molar-refractivity contribution < 1.29 is 23.5 Å². The van der Waals surface area contributed by atoms with Gasteiger partial charge in [0.05, 0.1) is 16.6 Å². The van der Waals surface area contributed by atoms with Crippen molar-refractivity contribution in [1.29, 1.82) is 0 Å². The van der Waals surface area contributed by atoms with Crippen molar-refractivity contribution in [2.75, 3.05) is 36.9 Å². The predicted octanol–water partition coefficient (Wildman–Crippen LogP) is 4.09. The van der Waals surface area contributed by atoms with Gasteiger partial charge in [-0.3, -0.25) is 19.0 Å². The van der Waals surface area contributed by atoms with Crippen molar-refractivity contribution in [2.24, 2.45) is 0 Å². The fourth-order valence-electron chi connectivity index (χ4n) is 5.92. The van der Waals surface area contributed by atoms with Crippen LogP contribution in [0.1, 0.15) is 29.5 Å². The first-order chi connectivity index (χ1) is 21.0. The summed E-state index contributed by atoms with van der Waals surface area (Å²) in [6.45, 7) is 4.10. The van der Waals surface area contributed by atoms with Gasteiger partial charge in [0.2, 0.25) is 11.9 Å². The fourth-order valence-corrected chi connectivity index (χ4v) is 6.28. The molecule has 6 rings (SSSR count). The highest BCUT2D eigenvalue weighted by Crippen LogP contribution is 2.39. The lowest BCUT2D eigenvalue weighted by Gasteiger charge is -2.39. The lowest BCUT2D eigenvalue weighted by molar-refractivity contribution is -0.116. The summed E-state index contributed by atoms with van der Waals surface area (Å²) in [5.74, 6) is -2.50. The molecule has 15 heteroatoms. The normalized spacial score (nSPS) is 16.9. The Bertz CT molecular complexity index is 1910. The third-order valence-corrected chi connectivity index (χ3v) is 8.79.